The van der Waals surface area contributed by atoms with Crippen LogP contribution in [0.3, 0.4) is 0 Å². The van der Waals surface area contributed by atoms with Crippen molar-refractivity contribution in [2.24, 2.45) is 16.8 Å². The molecule has 1 fully saturated rings. The van der Waals surface area contributed by atoms with Crippen molar-refractivity contribution in [1.82, 2.24) is 36.1 Å². The summed E-state index contributed by atoms with van der Waals surface area (Å²) < 4.78 is 4.77. The van der Waals surface area contributed by atoms with Crippen molar-refractivity contribution in [3.8, 4) is 11.1 Å². The summed E-state index contributed by atoms with van der Waals surface area (Å²) in [4.78, 5) is 63.8. The van der Waals surface area contributed by atoms with E-state index in [0.29, 0.717) is 26.0 Å². The van der Waals surface area contributed by atoms with Crippen molar-refractivity contribution < 1.29 is 23.9 Å². The van der Waals surface area contributed by atoms with Gasteiger partial charge in [0, 0.05) is 19.5 Å². The van der Waals surface area contributed by atoms with E-state index in [4.69, 9.17) is 14.7 Å². The predicted octanol–water partition coefficient (Wildman–Crippen LogP) is 5.01. The van der Waals surface area contributed by atoms with Crippen LogP contribution in [0.25, 0.3) is 32.9 Å². The Morgan fingerprint density at radius 3 is 2.59 bits per heavy atom. The summed E-state index contributed by atoms with van der Waals surface area (Å²) in [7, 11) is 1.30. The number of imidazole rings is 1. The number of methoxy groups -OCH3 is 1. The Morgan fingerprint density at radius 2 is 1.83 bits per heavy atom. The van der Waals surface area contributed by atoms with Crippen LogP contribution < -0.4 is 21.3 Å². The molecule has 2 aliphatic heterocycles. The number of carbonyl (C=O) groups is 4. The fraction of sp³-hybridized carbons (Fsp3) is 0.463. The molecule has 13 heteroatoms. The van der Waals surface area contributed by atoms with Crippen molar-refractivity contribution in [2.75, 3.05) is 26.7 Å². The number of unbranched alkanes of at least 4 members (excludes halogenated alkanes) is 1. The summed E-state index contributed by atoms with van der Waals surface area (Å²) in [5.74, 6) is 1.38. The summed E-state index contributed by atoms with van der Waals surface area (Å²) in [6.07, 6.45) is 4.07. The van der Waals surface area contributed by atoms with Gasteiger partial charge in [-0.15, -0.1) is 0 Å². The molecule has 6 rings (SSSR count). The van der Waals surface area contributed by atoms with Gasteiger partial charge < -0.3 is 35.9 Å². The molecule has 5 N–H and O–H groups in total. The van der Waals surface area contributed by atoms with E-state index in [2.05, 4.69) is 80.8 Å². The van der Waals surface area contributed by atoms with Crippen LogP contribution in [0.5, 0.6) is 0 Å². The Labute approximate surface area is 316 Å². The highest BCUT2D eigenvalue weighted by Gasteiger charge is 2.39. The Morgan fingerprint density at radius 1 is 1.02 bits per heavy atom. The summed E-state index contributed by atoms with van der Waals surface area (Å²) in [6.45, 7) is 9.38. The first-order valence-electron chi connectivity index (χ1n) is 19.0. The maximum Gasteiger partial charge on any atom is 0.407 e. The fourth-order valence-corrected chi connectivity index (χ4v) is 7.54. The minimum absolute atomic E-state index is 0.00726. The van der Waals surface area contributed by atoms with E-state index >= 15 is 0 Å². The van der Waals surface area contributed by atoms with Gasteiger partial charge in [0.05, 0.1) is 36.8 Å². The molecular formula is C41H52N8O5. The van der Waals surface area contributed by atoms with Gasteiger partial charge in [0.1, 0.15) is 23.7 Å². The number of benzene rings is 3. The fourth-order valence-electron chi connectivity index (χ4n) is 7.54. The van der Waals surface area contributed by atoms with Gasteiger partial charge in [0.25, 0.3) is 0 Å². The molecule has 0 spiro atoms. The highest BCUT2D eigenvalue weighted by atomic mass is 16.5. The van der Waals surface area contributed by atoms with E-state index in [1.807, 2.05) is 32.6 Å². The van der Waals surface area contributed by atoms with E-state index in [1.165, 1.54) is 7.11 Å². The topological polar surface area (TPSA) is 170 Å². The lowest BCUT2D eigenvalue weighted by Gasteiger charge is -2.31. The van der Waals surface area contributed by atoms with Crippen molar-refractivity contribution in [3.63, 3.8) is 0 Å². The number of nitrogens with zero attached hydrogens (tertiary/aromatic N) is 3. The lowest BCUT2D eigenvalue weighted by molar-refractivity contribution is -0.134. The van der Waals surface area contributed by atoms with Crippen LogP contribution in [0.2, 0.25) is 0 Å². The van der Waals surface area contributed by atoms with E-state index in [-0.39, 0.29) is 35.7 Å². The SMILES string of the molecule is COC(=O)N[C@H](C(=O)N1CCC[C@H]1C1=NCC(c2ccc3c(-c4ccc5nc(CCCCNC(=O)[C@@H](NC=O)C(C)C)[nH]c5c4)cccc3c2)N1)C(C)C. The van der Waals surface area contributed by atoms with Crippen LogP contribution in [-0.2, 0) is 25.5 Å². The minimum atomic E-state index is -0.670. The maximum absolute atomic E-state index is 13.6. The lowest BCUT2D eigenvalue weighted by Crippen LogP contribution is -2.54. The maximum atomic E-state index is 13.6. The number of likely N-dealkylation sites (tertiary alicyclic amines) is 1. The first-order chi connectivity index (χ1) is 26.1. The number of aryl methyl sites for hydroxylation is 1. The highest BCUT2D eigenvalue weighted by molar-refractivity contribution is 5.99. The van der Waals surface area contributed by atoms with Gasteiger partial charge in [-0.3, -0.25) is 19.4 Å². The van der Waals surface area contributed by atoms with Gasteiger partial charge in [0.15, 0.2) is 0 Å². The van der Waals surface area contributed by atoms with Crippen LogP contribution in [0.4, 0.5) is 4.79 Å². The second-order valence-electron chi connectivity index (χ2n) is 14.9. The largest absolute Gasteiger partial charge is 0.453 e. The number of ether oxygens (including phenoxy) is 1. The average molecular weight is 737 g/mol. The second-order valence-corrected chi connectivity index (χ2v) is 14.9. The number of hydrogen-bond acceptors (Lipinski definition) is 8. The first-order valence-corrected chi connectivity index (χ1v) is 19.0. The van der Waals surface area contributed by atoms with Crippen molar-refractivity contribution in [3.05, 3.63) is 66.0 Å². The molecule has 0 saturated carbocycles. The molecule has 1 unspecified atom stereocenters. The molecule has 3 aromatic carbocycles. The van der Waals surface area contributed by atoms with Gasteiger partial charge in [-0.1, -0.05) is 64.1 Å². The molecular weight excluding hydrogens is 685 g/mol. The van der Waals surface area contributed by atoms with Gasteiger partial charge in [-0.25, -0.2) is 9.78 Å². The summed E-state index contributed by atoms with van der Waals surface area (Å²) in [6, 6.07) is 17.9. The number of aromatic nitrogens is 2. The Bertz CT molecular complexity index is 2020. The molecule has 4 atom stereocenters. The van der Waals surface area contributed by atoms with Gasteiger partial charge in [-0.05, 0) is 83.2 Å². The zero-order chi connectivity index (χ0) is 38.4. The van der Waals surface area contributed by atoms with Crippen LogP contribution in [0.15, 0.2) is 59.6 Å². The molecule has 1 saturated heterocycles. The van der Waals surface area contributed by atoms with Crippen LogP contribution in [0.1, 0.15) is 70.8 Å². The van der Waals surface area contributed by atoms with E-state index in [9.17, 15) is 19.2 Å². The molecule has 286 valence electrons. The van der Waals surface area contributed by atoms with Gasteiger partial charge in [0.2, 0.25) is 18.2 Å². The van der Waals surface area contributed by atoms with E-state index in [1.54, 1.807) is 0 Å². The van der Waals surface area contributed by atoms with Crippen LogP contribution >= 0.6 is 0 Å². The normalized spacial score (nSPS) is 18.1. The zero-order valence-electron chi connectivity index (χ0n) is 31.8. The number of hydrogen-bond donors (Lipinski definition) is 5. The molecule has 2 aliphatic rings. The number of aliphatic imine (C=N–C) groups is 1. The smallest absolute Gasteiger partial charge is 0.407 e. The Balaban J connectivity index is 1.08. The third-order valence-corrected chi connectivity index (χ3v) is 10.5. The number of alkyl carbamates (subject to hydrolysis) is 1. The van der Waals surface area contributed by atoms with Crippen molar-refractivity contribution in [2.45, 2.75) is 84.0 Å². The number of rotatable bonds is 15. The summed E-state index contributed by atoms with van der Waals surface area (Å²) in [5, 5.41) is 14.1. The summed E-state index contributed by atoms with van der Waals surface area (Å²) in [5.41, 5.74) is 5.25. The van der Waals surface area contributed by atoms with Crippen molar-refractivity contribution >= 4 is 52.0 Å². The van der Waals surface area contributed by atoms with E-state index < -0.39 is 18.2 Å². The monoisotopic (exact) mass is 736 g/mol. The zero-order valence-corrected chi connectivity index (χ0v) is 31.8. The van der Waals surface area contributed by atoms with Crippen LogP contribution in [-0.4, -0.2) is 89.9 Å². The molecule has 0 aliphatic carbocycles. The molecule has 4 aromatic rings. The third-order valence-electron chi connectivity index (χ3n) is 10.5. The quantitative estimate of drug-likeness (QED) is 0.0845. The third kappa shape index (κ3) is 8.50. The molecule has 4 amide bonds. The van der Waals surface area contributed by atoms with Crippen LogP contribution in [0, 0.1) is 11.8 Å². The number of amidine groups is 1. The molecule has 1 aromatic heterocycles. The number of amides is 4. The molecule has 13 nitrogen and oxygen atoms in total. The Hall–Kier alpha value is -5.46. The predicted molar refractivity (Wildman–Crippen MR) is 210 cm³/mol. The molecule has 0 radical (unpaired) electrons. The Kier molecular flexibility index (Phi) is 12.1. The number of nitrogens with one attached hydrogen (secondary N) is 5. The number of H-pyrrole nitrogens is 1. The van der Waals surface area contributed by atoms with Gasteiger partial charge >= 0.3 is 6.09 Å². The number of fused-ring (bicyclic) bond motifs is 2. The highest BCUT2D eigenvalue weighted by Crippen LogP contribution is 2.33. The molecule has 3 heterocycles. The minimum Gasteiger partial charge on any atom is -0.453 e. The lowest BCUT2D eigenvalue weighted by atomic mass is 9.95. The second kappa shape index (κ2) is 17.1. The average Bonchev–Trinajstić information content (AvgIpc) is 3.94. The number of carbonyl (C=O) groups excluding carboxylic acids is 4. The first kappa shape index (κ1) is 38.3. The standard InChI is InChI=1S/C41H52N8O5/c1-24(2)36(44-23-50)39(51)42-18-7-6-13-35-45-31-17-15-27(21-32(31)46-35)29-11-8-10-26-20-28(14-16-30(26)29)33-22-43-38(47-33)34-12-9-19-49(34)40(52)37(25(3)4)48-41(53)54-5/h8,10-11,14-17,20-21,23-25,33-34,36-37H,6-7,9,12-13,18-19,22H2,1-5H3,(H,42,51)(H,43,47)(H,44,50)(H,45,46)(H,48,53)/t33?,34-,36-,37-/m0/s1. The van der Waals surface area contributed by atoms with Gasteiger partial charge in [-0.2, -0.15) is 0 Å². The summed E-state index contributed by atoms with van der Waals surface area (Å²) >= 11 is 0. The van der Waals surface area contributed by atoms with Crippen molar-refractivity contribution in [1.29, 1.82) is 0 Å². The van der Waals surface area contributed by atoms with E-state index in [0.717, 1.165) is 82.3 Å². The number of aromatic amines is 1. The molecule has 54 heavy (non-hydrogen) atoms. The molecule has 0 bridgehead atoms.